The van der Waals surface area contributed by atoms with Crippen LogP contribution in [0.25, 0.3) is 6.08 Å². The van der Waals surface area contributed by atoms with Crippen LogP contribution in [0.4, 0.5) is 0 Å². The van der Waals surface area contributed by atoms with E-state index in [2.05, 4.69) is 15.9 Å². The first-order valence-electron chi connectivity index (χ1n) is 8.04. The van der Waals surface area contributed by atoms with Crippen LogP contribution < -0.4 is 9.47 Å². The minimum atomic E-state index is -3.92. The highest BCUT2D eigenvalue weighted by Crippen LogP contribution is 2.38. The number of halogens is 1. The molecule has 7 heteroatoms. The number of fused-ring (bicyclic) bond motifs is 1. The van der Waals surface area contributed by atoms with Crippen molar-refractivity contribution in [1.29, 1.82) is 5.26 Å². The van der Waals surface area contributed by atoms with E-state index in [1.54, 1.807) is 38.3 Å². The van der Waals surface area contributed by atoms with E-state index in [1.165, 1.54) is 18.2 Å². The number of allylic oxidation sites excluding steroid dienone is 1. The van der Waals surface area contributed by atoms with E-state index in [-0.39, 0.29) is 9.80 Å². The highest BCUT2D eigenvalue weighted by atomic mass is 79.9. The van der Waals surface area contributed by atoms with Crippen molar-refractivity contribution in [3.05, 3.63) is 69.1 Å². The lowest BCUT2D eigenvalue weighted by Gasteiger charge is -2.24. The molecule has 2 aromatic carbocycles. The van der Waals surface area contributed by atoms with Crippen molar-refractivity contribution in [1.82, 2.24) is 0 Å². The molecule has 5 nitrogen and oxygen atoms in total. The van der Waals surface area contributed by atoms with Crippen LogP contribution in [0.2, 0.25) is 0 Å². The van der Waals surface area contributed by atoms with Gasteiger partial charge in [0, 0.05) is 10.0 Å². The fourth-order valence-electron chi connectivity index (χ4n) is 2.70. The fourth-order valence-corrected chi connectivity index (χ4v) is 4.12. The number of para-hydroxylation sites is 1. The standard InChI is InChI=1S/C20H16BrNO4S/c1-13-15(10-14-4-3-5-19(25-2)20(14)26-13)11-18(12-22)27(23,24)17-8-6-16(21)7-9-17/h3-11,13H,1-2H3. The quantitative estimate of drug-likeness (QED) is 0.647. The molecule has 0 N–H and O–H groups in total. The smallest absolute Gasteiger partial charge is 0.216 e. The summed E-state index contributed by atoms with van der Waals surface area (Å²) < 4.78 is 37.6. The van der Waals surface area contributed by atoms with Gasteiger partial charge in [0.05, 0.1) is 12.0 Å². The molecular weight excluding hydrogens is 430 g/mol. The van der Waals surface area contributed by atoms with Crippen LogP contribution >= 0.6 is 15.9 Å². The van der Waals surface area contributed by atoms with Crippen molar-refractivity contribution in [2.24, 2.45) is 0 Å². The first kappa shape index (κ1) is 19.2. The molecular formula is C20H16BrNO4S. The van der Waals surface area contributed by atoms with Gasteiger partial charge in [-0.2, -0.15) is 5.26 Å². The predicted octanol–water partition coefficient (Wildman–Crippen LogP) is 4.50. The molecule has 1 aliphatic heterocycles. The van der Waals surface area contributed by atoms with Gasteiger partial charge >= 0.3 is 0 Å². The maximum Gasteiger partial charge on any atom is 0.216 e. The highest BCUT2D eigenvalue weighted by Gasteiger charge is 2.25. The second-order valence-electron chi connectivity index (χ2n) is 5.86. The Morgan fingerprint density at radius 2 is 1.96 bits per heavy atom. The third-order valence-electron chi connectivity index (χ3n) is 4.14. The topological polar surface area (TPSA) is 76.4 Å². The first-order chi connectivity index (χ1) is 12.9. The third kappa shape index (κ3) is 3.77. The van der Waals surface area contributed by atoms with Crippen molar-refractivity contribution in [2.45, 2.75) is 17.9 Å². The molecule has 3 rings (SSSR count). The van der Waals surface area contributed by atoms with Gasteiger partial charge in [-0.25, -0.2) is 8.42 Å². The lowest BCUT2D eigenvalue weighted by atomic mass is 10.0. The minimum absolute atomic E-state index is 0.0607. The molecule has 0 bridgehead atoms. The van der Waals surface area contributed by atoms with Gasteiger partial charge in [0.2, 0.25) is 9.84 Å². The molecule has 0 saturated carbocycles. The fraction of sp³-hybridized carbons (Fsp3) is 0.150. The Morgan fingerprint density at radius 1 is 1.26 bits per heavy atom. The molecule has 138 valence electrons. The monoisotopic (exact) mass is 445 g/mol. The molecule has 0 aliphatic carbocycles. The summed E-state index contributed by atoms with van der Waals surface area (Å²) in [6.45, 7) is 1.79. The summed E-state index contributed by atoms with van der Waals surface area (Å²) in [5.41, 5.74) is 1.35. The van der Waals surface area contributed by atoms with Crippen LogP contribution in [-0.4, -0.2) is 21.6 Å². The van der Waals surface area contributed by atoms with Gasteiger partial charge in [-0.3, -0.25) is 0 Å². The van der Waals surface area contributed by atoms with E-state index < -0.39 is 15.9 Å². The molecule has 1 heterocycles. The summed E-state index contributed by atoms with van der Waals surface area (Å²) >= 11 is 3.27. The maximum absolute atomic E-state index is 12.8. The van der Waals surface area contributed by atoms with Crippen LogP contribution in [0, 0.1) is 11.3 Å². The third-order valence-corrected chi connectivity index (χ3v) is 6.35. The lowest BCUT2D eigenvalue weighted by Crippen LogP contribution is -2.19. The Bertz CT molecular complexity index is 1080. The number of nitrogens with zero attached hydrogens (tertiary/aromatic N) is 1. The molecule has 1 aliphatic rings. The van der Waals surface area contributed by atoms with Gasteiger partial charge in [-0.1, -0.05) is 28.1 Å². The van der Waals surface area contributed by atoms with Gasteiger partial charge in [0.25, 0.3) is 0 Å². The number of rotatable bonds is 4. The molecule has 2 aromatic rings. The van der Waals surface area contributed by atoms with Gasteiger partial charge < -0.3 is 9.47 Å². The van der Waals surface area contributed by atoms with Gasteiger partial charge in [0.1, 0.15) is 17.1 Å². The summed E-state index contributed by atoms with van der Waals surface area (Å²) in [7, 11) is -2.37. The summed E-state index contributed by atoms with van der Waals surface area (Å²) in [6, 6.07) is 13.4. The Labute approximate surface area is 166 Å². The van der Waals surface area contributed by atoms with Gasteiger partial charge in [-0.15, -0.1) is 0 Å². The maximum atomic E-state index is 12.8. The zero-order valence-corrected chi connectivity index (χ0v) is 17.0. The molecule has 1 atom stereocenters. The van der Waals surface area contributed by atoms with Crippen LogP contribution in [0.5, 0.6) is 11.5 Å². The summed E-state index contributed by atoms with van der Waals surface area (Å²) in [6.07, 6.45) is 2.74. The Balaban J connectivity index is 2.06. The van der Waals surface area contributed by atoms with Crippen molar-refractivity contribution < 1.29 is 17.9 Å². The molecule has 27 heavy (non-hydrogen) atoms. The number of ether oxygens (including phenoxy) is 2. The Hall–Kier alpha value is -2.56. The summed E-state index contributed by atoms with van der Waals surface area (Å²) in [5.74, 6) is 1.19. The van der Waals surface area contributed by atoms with E-state index in [0.29, 0.717) is 17.1 Å². The molecule has 0 spiro atoms. The number of methoxy groups -OCH3 is 1. The predicted molar refractivity (Wildman–Crippen MR) is 106 cm³/mol. The Kier molecular flexibility index (Phi) is 5.40. The largest absolute Gasteiger partial charge is 0.493 e. The van der Waals surface area contributed by atoms with E-state index in [1.807, 2.05) is 18.2 Å². The normalized spacial score (nSPS) is 16.6. The van der Waals surface area contributed by atoms with Crippen molar-refractivity contribution in [3.63, 3.8) is 0 Å². The highest BCUT2D eigenvalue weighted by molar-refractivity contribution is 9.10. The summed E-state index contributed by atoms with van der Waals surface area (Å²) in [4.78, 5) is -0.275. The molecule has 0 amide bonds. The van der Waals surface area contributed by atoms with E-state index in [0.717, 1.165) is 10.0 Å². The SMILES string of the molecule is COc1cccc2c1OC(C)C(C=C(C#N)S(=O)(=O)c1ccc(Br)cc1)=C2. The average molecular weight is 446 g/mol. The molecule has 0 saturated heterocycles. The van der Waals surface area contributed by atoms with Crippen LogP contribution in [0.15, 0.2) is 68.4 Å². The minimum Gasteiger partial charge on any atom is -0.493 e. The zero-order valence-electron chi connectivity index (χ0n) is 14.6. The van der Waals surface area contributed by atoms with Crippen LogP contribution in [0.1, 0.15) is 12.5 Å². The van der Waals surface area contributed by atoms with Crippen LogP contribution in [-0.2, 0) is 9.84 Å². The molecule has 0 aromatic heterocycles. The lowest BCUT2D eigenvalue weighted by molar-refractivity contribution is 0.243. The molecule has 1 unspecified atom stereocenters. The Morgan fingerprint density at radius 3 is 2.59 bits per heavy atom. The number of sulfone groups is 1. The van der Waals surface area contributed by atoms with E-state index in [9.17, 15) is 13.7 Å². The van der Waals surface area contributed by atoms with Crippen molar-refractivity contribution in [2.75, 3.05) is 7.11 Å². The molecule has 0 fully saturated rings. The van der Waals surface area contributed by atoms with Crippen molar-refractivity contribution >= 4 is 31.8 Å². The number of nitriles is 1. The zero-order chi connectivity index (χ0) is 19.6. The van der Waals surface area contributed by atoms with Gasteiger partial charge in [0.15, 0.2) is 11.5 Å². The van der Waals surface area contributed by atoms with Crippen LogP contribution in [0.3, 0.4) is 0 Å². The number of hydrogen-bond donors (Lipinski definition) is 0. The first-order valence-corrected chi connectivity index (χ1v) is 10.3. The second kappa shape index (κ2) is 7.59. The molecule has 0 radical (unpaired) electrons. The second-order valence-corrected chi connectivity index (χ2v) is 8.69. The van der Waals surface area contributed by atoms with E-state index >= 15 is 0 Å². The number of benzene rings is 2. The van der Waals surface area contributed by atoms with E-state index in [4.69, 9.17) is 9.47 Å². The van der Waals surface area contributed by atoms with Crippen molar-refractivity contribution in [3.8, 4) is 17.6 Å². The summed E-state index contributed by atoms with van der Waals surface area (Å²) in [5, 5.41) is 9.48. The van der Waals surface area contributed by atoms with Gasteiger partial charge in [-0.05, 0) is 55.0 Å². The average Bonchev–Trinajstić information content (AvgIpc) is 2.66. The number of hydrogen-bond acceptors (Lipinski definition) is 5.